The summed E-state index contributed by atoms with van der Waals surface area (Å²) in [7, 11) is 0. The van der Waals surface area contributed by atoms with Crippen LogP contribution in [0.3, 0.4) is 0 Å². The van der Waals surface area contributed by atoms with Gasteiger partial charge in [0.05, 0.1) is 15.3 Å². The Morgan fingerprint density at radius 3 is 2.87 bits per heavy atom. The zero-order valence-electron chi connectivity index (χ0n) is 12.7. The Morgan fingerprint density at radius 2 is 2.17 bits per heavy atom. The van der Waals surface area contributed by atoms with Crippen molar-refractivity contribution in [2.45, 2.75) is 44.6 Å². The van der Waals surface area contributed by atoms with E-state index in [-0.39, 0.29) is 12.1 Å². The van der Waals surface area contributed by atoms with Gasteiger partial charge >= 0.3 is 6.18 Å². The lowest BCUT2D eigenvalue weighted by atomic mass is 10.0. The largest absolute Gasteiger partial charge is 0.406 e. The molecule has 1 N–H and O–H groups in total. The number of rotatable bonds is 3. The van der Waals surface area contributed by atoms with Crippen molar-refractivity contribution in [1.82, 2.24) is 4.57 Å². The number of nitrogens with one attached hydrogen (secondary N) is 1. The second kappa shape index (κ2) is 6.51. The molecule has 126 valence electrons. The van der Waals surface area contributed by atoms with Crippen molar-refractivity contribution in [3.8, 4) is 0 Å². The summed E-state index contributed by atoms with van der Waals surface area (Å²) in [5.41, 5.74) is 1.50. The van der Waals surface area contributed by atoms with Crippen molar-refractivity contribution >= 4 is 39.2 Å². The molecular formula is C16H18F3IN2O. The van der Waals surface area contributed by atoms with Gasteiger partial charge in [0.2, 0.25) is 0 Å². The smallest absolute Gasteiger partial charge is 0.382 e. The third-order valence-corrected chi connectivity index (χ3v) is 4.97. The molecule has 2 aromatic rings. The first-order chi connectivity index (χ1) is 10.8. The highest BCUT2D eigenvalue weighted by molar-refractivity contribution is 14.1. The Kier molecular flexibility index (Phi) is 4.78. The molecule has 0 aliphatic carbocycles. The van der Waals surface area contributed by atoms with Crippen LogP contribution in [0.5, 0.6) is 0 Å². The van der Waals surface area contributed by atoms with Gasteiger partial charge in [-0.2, -0.15) is 13.2 Å². The number of ether oxygens (including phenoxy) is 1. The zero-order chi connectivity index (χ0) is 16.6. The Morgan fingerprint density at radius 1 is 1.39 bits per heavy atom. The van der Waals surface area contributed by atoms with Gasteiger partial charge in [0.15, 0.2) is 0 Å². The second-order valence-corrected chi connectivity index (χ2v) is 7.06. The molecule has 1 aromatic carbocycles. The van der Waals surface area contributed by atoms with Crippen LogP contribution in [0.2, 0.25) is 0 Å². The Labute approximate surface area is 146 Å². The number of nitrogens with zero attached hydrogens (tertiary/aromatic N) is 1. The van der Waals surface area contributed by atoms with E-state index in [1.165, 1.54) is 4.57 Å². The number of anilines is 1. The van der Waals surface area contributed by atoms with E-state index >= 15 is 0 Å². The molecule has 2 unspecified atom stereocenters. The molecule has 0 spiro atoms. The lowest BCUT2D eigenvalue weighted by Crippen LogP contribution is -2.32. The molecule has 1 fully saturated rings. The normalized spacial score (nSPS) is 22.5. The van der Waals surface area contributed by atoms with Crippen molar-refractivity contribution in [3.05, 3.63) is 28.0 Å². The molecule has 3 rings (SSSR count). The number of aromatic nitrogens is 1. The fourth-order valence-electron chi connectivity index (χ4n) is 3.07. The average Bonchev–Trinajstić information content (AvgIpc) is 2.75. The molecule has 0 amide bonds. The van der Waals surface area contributed by atoms with E-state index in [4.69, 9.17) is 4.74 Å². The van der Waals surface area contributed by atoms with Crippen molar-refractivity contribution in [2.75, 3.05) is 11.9 Å². The molecule has 7 heteroatoms. The Balaban J connectivity index is 1.91. The van der Waals surface area contributed by atoms with Gasteiger partial charge in [-0.25, -0.2) is 0 Å². The lowest BCUT2D eigenvalue weighted by Gasteiger charge is -2.29. The van der Waals surface area contributed by atoms with Gasteiger partial charge in [-0.3, -0.25) is 0 Å². The maximum Gasteiger partial charge on any atom is 0.406 e. The van der Waals surface area contributed by atoms with Crippen LogP contribution < -0.4 is 5.32 Å². The minimum atomic E-state index is -4.23. The van der Waals surface area contributed by atoms with Gasteiger partial charge in [-0.1, -0.05) is 6.07 Å². The van der Waals surface area contributed by atoms with Crippen molar-refractivity contribution in [2.24, 2.45) is 0 Å². The van der Waals surface area contributed by atoms with Gasteiger partial charge in [0.1, 0.15) is 6.54 Å². The van der Waals surface area contributed by atoms with Crippen LogP contribution in [0.1, 0.15) is 19.8 Å². The number of hydrogen-bond donors (Lipinski definition) is 1. The molecule has 0 bridgehead atoms. The van der Waals surface area contributed by atoms with Crippen LogP contribution >= 0.6 is 22.6 Å². The van der Waals surface area contributed by atoms with E-state index in [0.717, 1.165) is 23.9 Å². The van der Waals surface area contributed by atoms with E-state index in [2.05, 4.69) is 5.32 Å². The molecule has 1 aromatic heterocycles. The molecular weight excluding hydrogens is 420 g/mol. The molecule has 1 aliphatic rings. The molecule has 1 aliphatic heterocycles. The Bertz CT molecular complexity index is 698. The van der Waals surface area contributed by atoms with Gasteiger partial charge < -0.3 is 14.6 Å². The summed E-state index contributed by atoms with van der Waals surface area (Å²) >= 11 is 1.96. The predicted octanol–water partition coefficient (Wildman–Crippen LogP) is 4.79. The average molecular weight is 438 g/mol. The van der Waals surface area contributed by atoms with Crippen LogP contribution in [-0.2, 0) is 11.3 Å². The highest BCUT2D eigenvalue weighted by Gasteiger charge is 2.30. The fourth-order valence-corrected chi connectivity index (χ4v) is 3.81. The summed E-state index contributed by atoms with van der Waals surface area (Å²) < 4.78 is 45.8. The molecule has 0 radical (unpaired) electrons. The summed E-state index contributed by atoms with van der Waals surface area (Å²) in [5.74, 6) is 0. The maximum absolute atomic E-state index is 12.8. The second-order valence-electron chi connectivity index (χ2n) is 5.95. The number of halogens is 4. The molecule has 0 saturated carbocycles. The summed E-state index contributed by atoms with van der Waals surface area (Å²) in [6.07, 6.45) is -2.22. The minimum absolute atomic E-state index is 0.204. The predicted molar refractivity (Wildman–Crippen MR) is 92.8 cm³/mol. The van der Waals surface area contributed by atoms with Crippen LogP contribution in [0, 0.1) is 3.70 Å². The topological polar surface area (TPSA) is 26.2 Å². The fraction of sp³-hybridized carbons (Fsp3) is 0.500. The highest BCUT2D eigenvalue weighted by Crippen LogP contribution is 2.32. The first-order valence-electron chi connectivity index (χ1n) is 7.56. The van der Waals surface area contributed by atoms with E-state index in [1.54, 1.807) is 12.1 Å². The third-order valence-electron chi connectivity index (χ3n) is 4.08. The third kappa shape index (κ3) is 3.93. The zero-order valence-corrected chi connectivity index (χ0v) is 14.8. The standard InChI is InChI=1S/C16H18F3IN2O/c1-10-7-11(5-6-23-10)21-13-3-2-4-14-12(13)8-15(20)22(14)9-16(17,18)19/h2-4,8,10-11,21H,5-7,9H2,1H3. The van der Waals surface area contributed by atoms with Crippen LogP contribution in [0.25, 0.3) is 10.9 Å². The lowest BCUT2D eigenvalue weighted by molar-refractivity contribution is -0.140. The summed E-state index contributed by atoms with van der Waals surface area (Å²) in [5, 5.41) is 4.31. The van der Waals surface area contributed by atoms with E-state index in [9.17, 15) is 13.2 Å². The van der Waals surface area contributed by atoms with Gasteiger partial charge in [0.25, 0.3) is 0 Å². The van der Waals surface area contributed by atoms with Gasteiger partial charge in [0, 0.05) is 23.7 Å². The van der Waals surface area contributed by atoms with Crippen molar-refractivity contribution < 1.29 is 17.9 Å². The van der Waals surface area contributed by atoms with Crippen LogP contribution in [0.4, 0.5) is 18.9 Å². The van der Waals surface area contributed by atoms with Crippen molar-refractivity contribution in [1.29, 1.82) is 0 Å². The minimum Gasteiger partial charge on any atom is -0.382 e. The molecule has 3 nitrogen and oxygen atoms in total. The quantitative estimate of drug-likeness (QED) is 0.698. The van der Waals surface area contributed by atoms with Crippen molar-refractivity contribution in [3.63, 3.8) is 0 Å². The Hall–Kier alpha value is -0.960. The monoisotopic (exact) mass is 438 g/mol. The molecule has 2 atom stereocenters. The highest BCUT2D eigenvalue weighted by atomic mass is 127. The molecule has 1 saturated heterocycles. The first-order valence-corrected chi connectivity index (χ1v) is 8.64. The van der Waals surface area contributed by atoms with E-state index < -0.39 is 12.7 Å². The summed E-state index contributed by atoms with van der Waals surface area (Å²) in [4.78, 5) is 0. The molecule has 23 heavy (non-hydrogen) atoms. The van der Waals surface area contributed by atoms with Gasteiger partial charge in [-0.15, -0.1) is 0 Å². The first kappa shape index (κ1) is 16.9. The van der Waals surface area contributed by atoms with Crippen LogP contribution in [0.15, 0.2) is 24.3 Å². The van der Waals surface area contributed by atoms with Crippen LogP contribution in [-0.4, -0.2) is 29.5 Å². The number of benzene rings is 1. The summed E-state index contributed by atoms with van der Waals surface area (Å²) in [6, 6.07) is 7.56. The van der Waals surface area contributed by atoms with E-state index in [0.29, 0.717) is 15.8 Å². The number of fused-ring (bicyclic) bond motifs is 1. The number of alkyl halides is 3. The maximum atomic E-state index is 12.8. The molecule has 2 heterocycles. The SMILES string of the molecule is CC1CC(Nc2cccc3c2cc(I)n3CC(F)(F)F)CCO1. The van der Waals surface area contributed by atoms with E-state index in [1.807, 2.05) is 41.6 Å². The number of hydrogen-bond acceptors (Lipinski definition) is 2. The summed E-state index contributed by atoms with van der Waals surface area (Å²) in [6.45, 7) is 1.78. The van der Waals surface area contributed by atoms with Gasteiger partial charge in [-0.05, 0) is 60.6 Å².